The van der Waals surface area contributed by atoms with E-state index in [1.807, 2.05) is 35.3 Å². The molecule has 0 fully saturated rings. The molecule has 5 heteroatoms. The van der Waals surface area contributed by atoms with Gasteiger partial charge in [0.1, 0.15) is 5.82 Å². The van der Waals surface area contributed by atoms with Crippen molar-refractivity contribution in [3.63, 3.8) is 0 Å². The zero-order chi connectivity index (χ0) is 17.8. The topological polar surface area (TPSA) is 43.1 Å². The second-order valence-electron chi connectivity index (χ2n) is 6.31. The molecule has 0 saturated heterocycles. The zero-order valence-corrected chi connectivity index (χ0v) is 14.3. The first-order chi connectivity index (χ1) is 12.8. The highest BCUT2D eigenvalue weighted by molar-refractivity contribution is 6.15. The second kappa shape index (κ2) is 7.44. The maximum absolute atomic E-state index is 13.0. The molecule has 1 aliphatic heterocycles. The molecule has 0 saturated carbocycles. The number of halogens is 1. The SMILES string of the molecule is Fc1ccc(Cn2ccc(C=C3CCCN=C3c3cccnc3)n2)cc1. The van der Waals surface area contributed by atoms with Gasteiger partial charge in [0.15, 0.2) is 0 Å². The van der Waals surface area contributed by atoms with E-state index in [9.17, 15) is 4.39 Å². The van der Waals surface area contributed by atoms with Gasteiger partial charge in [-0.25, -0.2) is 4.39 Å². The van der Waals surface area contributed by atoms with Crippen LogP contribution in [0.2, 0.25) is 0 Å². The van der Waals surface area contributed by atoms with Gasteiger partial charge in [-0.05, 0) is 60.4 Å². The molecule has 4 nitrogen and oxygen atoms in total. The van der Waals surface area contributed by atoms with Crippen LogP contribution >= 0.6 is 0 Å². The number of hydrogen-bond acceptors (Lipinski definition) is 3. The van der Waals surface area contributed by atoms with Gasteiger partial charge >= 0.3 is 0 Å². The quantitative estimate of drug-likeness (QED) is 0.713. The fourth-order valence-electron chi connectivity index (χ4n) is 3.10. The standard InChI is InChI=1S/C21H19FN4/c22-19-7-5-16(6-8-19)15-26-12-9-20(25-26)13-17-3-2-11-24-21(17)18-4-1-10-23-14-18/h1,4-10,12-14H,2-3,11,15H2. The predicted molar refractivity (Wildman–Crippen MR) is 101 cm³/mol. The van der Waals surface area contributed by atoms with Crippen molar-refractivity contribution in [2.45, 2.75) is 19.4 Å². The molecule has 0 radical (unpaired) electrons. The minimum Gasteiger partial charge on any atom is -0.284 e. The molecule has 0 bridgehead atoms. The summed E-state index contributed by atoms with van der Waals surface area (Å²) >= 11 is 0. The Labute approximate surface area is 151 Å². The van der Waals surface area contributed by atoms with Crippen LogP contribution in [-0.2, 0) is 6.54 Å². The highest BCUT2D eigenvalue weighted by Gasteiger charge is 2.14. The van der Waals surface area contributed by atoms with E-state index < -0.39 is 0 Å². The van der Waals surface area contributed by atoms with E-state index in [1.54, 1.807) is 18.3 Å². The Hall–Kier alpha value is -3.08. The van der Waals surface area contributed by atoms with Gasteiger partial charge in [0, 0.05) is 30.7 Å². The Morgan fingerprint density at radius 1 is 1.12 bits per heavy atom. The molecule has 3 aromatic rings. The van der Waals surface area contributed by atoms with Crippen molar-refractivity contribution in [3.05, 3.63) is 89.3 Å². The van der Waals surface area contributed by atoms with Crippen LogP contribution in [0, 0.1) is 5.82 Å². The number of nitrogens with zero attached hydrogens (tertiary/aromatic N) is 4. The molecule has 2 aromatic heterocycles. The molecule has 130 valence electrons. The number of rotatable bonds is 4. The molecule has 0 spiro atoms. The summed E-state index contributed by atoms with van der Waals surface area (Å²) in [7, 11) is 0. The molecular weight excluding hydrogens is 327 g/mol. The first-order valence-electron chi connectivity index (χ1n) is 8.72. The highest BCUT2D eigenvalue weighted by Crippen LogP contribution is 2.21. The molecule has 0 N–H and O–H groups in total. The lowest BCUT2D eigenvalue weighted by Crippen LogP contribution is -2.12. The van der Waals surface area contributed by atoms with Crippen LogP contribution in [0.25, 0.3) is 6.08 Å². The Morgan fingerprint density at radius 3 is 2.81 bits per heavy atom. The lowest BCUT2D eigenvalue weighted by atomic mass is 9.96. The van der Waals surface area contributed by atoms with Gasteiger partial charge in [-0.15, -0.1) is 0 Å². The number of hydrogen-bond donors (Lipinski definition) is 0. The van der Waals surface area contributed by atoms with Gasteiger partial charge in [-0.1, -0.05) is 12.1 Å². The van der Waals surface area contributed by atoms with Crippen LogP contribution in [0.3, 0.4) is 0 Å². The normalized spacial score (nSPS) is 15.9. The van der Waals surface area contributed by atoms with Gasteiger partial charge in [-0.2, -0.15) is 5.10 Å². The van der Waals surface area contributed by atoms with Crippen LogP contribution in [0.4, 0.5) is 4.39 Å². The highest BCUT2D eigenvalue weighted by atomic mass is 19.1. The van der Waals surface area contributed by atoms with Gasteiger partial charge in [0.2, 0.25) is 0 Å². The van der Waals surface area contributed by atoms with Crippen LogP contribution in [0.15, 0.2) is 71.6 Å². The van der Waals surface area contributed by atoms with Crippen molar-refractivity contribution < 1.29 is 4.39 Å². The number of aromatic nitrogens is 3. The third-order valence-corrected chi connectivity index (χ3v) is 4.35. The van der Waals surface area contributed by atoms with E-state index in [2.05, 4.69) is 16.2 Å². The number of allylic oxidation sites excluding steroid dienone is 1. The maximum atomic E-state index is 13.0. The lowest BCUT2D eigenvalue weighted by Gasteiger charge is -2.15. The van der Waals surface area contributed by atoms with E-state index in [-0.39, 0.29) is 5.82 Å². The van der Waals surface area contributed by atoms with Crippen LogP contribution in [0.5, 0.6) is 0 Å². The fraction of sp³-hybridized carbons (Fsp3) is 0.190. The van der Waals surface area contributed by atoms with Gasteiger partial charge in [0.25, 0.3) is 0 Å². The van der Waals surface area contributed by atoms with Gasteiger partial charge in [-0.3, -0.25) is 14.7 Å². The van der Waals surface area contributed by atoms with Crippen molar-refractivity contribution >= 4 is 11.8 Å². The first-order valence-corrected chi connectivity index (χ1v) is 8.72. The number of benzene rings is 1. The average Bonchev–Trinajstić information content (AvgIpc) is 3.12. The van der Waals surface area contributed by atoms with Gasteiger partial charge in [0.05, 0.1) is 18.0 Å². The summed E-state index contributed by atoms with van der Waals surface area (Å²) in [6.07, 6.45) is 9.70. The van der Waals surface area contributed by atoms with Crippen molar-refractivity contribution in [2.24, 2.45) is 4.99 Å². The minimum absolute atomic E-state index is 0.223. The molecule has 1 aromatic carbocycles. The monoisotopic (exact) mass is 346 g/mol. The van der Waals surface area contributed by atoms with Crippen LogP contribution < -0.4 is 0 Å². The van der Waals surface area contributed by atoms with E-state index in [0.29, 0.717) is 6.54 Å². The summed E-state index contributed by atoms with van der Waals surface area (Å²) in [5.74, 6) is -0.223. The molecule has 1 aliphatic rings. The summed E-state index contributed by atoms with van der Waals surface area (Å²) in [4.78, 5) is 8.90. The zero-order valence-electron chi connectivity index (χ0n) is 14.3. The minimum atomic E-state index is -0.223. The van der Waals surface area contributed by atoms with Crippen molar-refractivity contribution in [3.8, 4) is 0 Å². The molecule has 0 aliphatic carbocycles. The van der Waals surface area contributed by atoms with Gasteiger partial charge < -0.3 is 0 Å². The maximum Gasteiger partial charge on any atom is 0.123 e. The summed E-state index contributed by atoms with van der Waals surface area (Å²) < 4.78 is 14.9. The first kappa shape index (κ1) is 16.4. The predicted octanol–water partition coefficient (Wildman–Crippen LogP) is 4.13. The van der Waals surface area contributed by atoms with Crippen molar-refractivity contribution in [1.82, 2.24) is 14.8 Å². The Morgan fingerprint density at radius 2 is 2.00 bits per heavy atom. The van der Waals surface area contributed by atoms with E-state index in [4.69, 9.17) is 4.99 Å². The number of aliphatic imine (C=N–C) groups is 1. The molecule has 26 heavy (non-hydrogen) atoms. The van der Waals surface area contributed by atoms with Crippen LogP contribution in [-0.4, -0.2) is 27.0 Å². The summed E-state index contributed by atoms with van der Waals surface area (Å²) in [6, 6.07) is 12.5. The van der Waals surface area contributed by atoms with Crippen LogP contribution in [0.1, 0.15) is 29.7 Å². The van der Waals surface area contributed by atoms with E-state index >= 15 is 0 Å². The Bertz CT molecular complexity index is 940. The number of pyridine rings is 1. The molecule has 0 atom stereocenters. The Kier molecular flexibility index (Phi) is 4.69. The second-order valence-corrected chi connectivity index (χ2v) is 6.31. The van der Waals surface area contributed by atoms with E-state index in [1.165, 1.54) is 17.7 Å². The van der Waals surface area contributed by atoms with E-state index in [0.717, 1.165) is 41.9 Å². The molecule has 0 unspecified atom stereocenters. The van der Waals surface area contributed by atoms with Crippen molar-refractivity contribution in [1.29, 1.82) is 0 Å². The summed E-state index contributed by atoms with van der Waals surface area (Å²) in [5.41, 5.74) is 5.17. The lowest BCUT2D eigenvalue weighted by molar-refractivity contribution is 0.624. The molecule has 0 amide bonds. The third kappa shape index (κ3) is 3.77. The summed E-state index contributed by atoms with van der Waals surface area (Å²) in [5, 5.41) is 4.63. The molecule has 4 rings (SSSR count). The Balaban J connectivity index is 1.56. The van der Waals surface area contributed by atoms with Crippen molar-refractivity contribution in [2.75, 3.05) is 6.54 Å². The molecular formula is C21H19FN4. The average molecular weight is 346 g/mol. The fourth-order valence-corrected chi connectivity index (χ4v) is 3.10. The molecule has 3 heterocycles. The smallest absolute Gasteiger partial charge is 0.123 e. The third-order valence-electron chi connectivity index (χ3n) is 4.35. The largest absolute Gasteiger partial charge is 0.284 e. The summed E-state index contributed by atoms with van der Waals surface area (Å²) in [6.45, 7) is 1.47.